The van der Waals surface area contributed by atoms with Crippen LogP contribution in [0.3, 0.4) is 0 Å². The lowest BCUT2D eigenvalue weighted by molar-refractivity contribution is 0.196. The van der Waals surface area contributed by atoms with Crippen molar-refractivity contribution in [2.45, 2.75) is 29.9 Å². The Labute approximate surface area is 124 Å². The third-order valence-corrected chi connectivity index (χ3v) is 4.15. The molecule has 1 heterocycles. The second-order valence-corrected chi connectivity index (χ2v) is 6.21. The number of aliphatic hydroxyl groups is 1. The van der Waals surface area contributed by atoms with Gasteiger partial charge in [-0.1, -0.05) is 11.8 Å². The van der Waals surface area contributed by atoms with Crippen LogP contribution in [0.1, 0.15) is 24.2 Å². The fraction of sp³-hybridized carbons (Fsp3) is 0.214. The number of halogens is 2. The van der Waals surface area contributed by atoms with Gasteiger partial charge in [0.05, 0.1) is 6.10 Å². The molecule has 0 bridgehead atoms. The van der Waals surface area contributed by atoms with Crippen molar-refractivity contribution in [3.63, 3.8) is 0 Å². The quantitative estimate of drug-likeness (QED) is 0.892. The molecule has 2 nitrogen and oxygen atoms in total. The van der Waals surface area contributed by atoms with E-state index in [9.17, 15) is 9.50 Å². The summed E-state index contributed by atoms with van der Waals surface area (Å²) in [7, 11) is 0. The summed E-state index contributed by atoms with van der Waals surface area (Å²) in [6, 6.07) is 6.90. The van der Waals surface area contributed by atoms with Crippen LogP contribution < -0.4 is 0 Å². The minimum absolute atomic E-state index is 0.302. The highest BCUT2D eigenvalue weighted by Gasteiger charge is 2.13. The van der Waals surface area contributed by atoms with E-state index in [1.54, 1.807) is 26.1 Å². The summed E-state index contributed by atoms with van der Waals surface area (Å²) < 4.78 is 14.5. The molecule has 0 radical (unpaired) electrons. The first-order valence-corrected chi connectivity index (χ1v) is 7.36. The maximum atomic E-state index is 13.6. The number of rotatable bonds is 3. The molecule has 5 heteroatoms. The van der Waals surface area contributed by atoms with Gasteiger partial charge in [0.15, 0.2) is 0 Å². The summed E-state index contributed by atoms with van der Waals surface area (Å²) in [4.78, 5) is 5.09. The third-order valence-electron chi connectivity index (χ3n) is 2.66. The van der Waals surface area contributed by atoms with Crippen molar-refractivity contribution in [1.82, 2.24) is 4.98 Å². The minimum atomic E-state index is -0.715. The van der Waals surface area contributed by atoms with Crippen molar-refractivity contribution >= 4 is 27.7 Å². The van der Waals surface area contributed by atoms with Gasteiger partial charge in [0.2, 0.25) is 0 Å². The first-order chi connectivity index (χ1) is 8.97. The van der Waals surface area contributed by atoms with Crippen LogP contribution in [-0.4, -0.2) is 10.1 Å². The van der Waals surface area contributed by atoms with Crippen LogP contribution in [0.2, 0.25) is 0 Å². The van der Waals surface area contributed by atoms with Gasteiger partial charge in [-0.3, -0.25) is 0 Å². The SMILES string of the molecule is Cc1cc(Sc2ccc(Br)cn2)c([C@@H](C)O)cc1F. The zero-order chi connectivity index (χ0) is 14.0. The Bertz CT molecular complexity index is 587. The van der Waals surface area contributed by atoms with E-state index in [4.69, 9.17) is 0 Å². The predicted molar refractivity (Wildman–Crippen MR) is 77.8 cm³/mol. The highest BCUT2D eigenvalue weighted by Crippen LogP contribution is 2.34. The number of hydrogen-bond donors (Lipinski definition) is 1. The van der Waals surface area contributed by atoms with Gasteiger partial charge in [-0.25, -0.2) is 9.37 Å². The first-order valence-electron chi connectivity index (χ1n) is 5.75. The molecule has 2 aromatic rings. The summed E-state index contributed by atoms with van der Waals surface area (Å²) in [6.45, 7) is 3.34. The molecule has 0 aliphatic rings. The molecule has 0 aliphatic heterocycles. The molecule has 0 unspecified atom stereocenters. The topological polar surface area (TPSA) is 33.1 Å². The second-order valence-electron chi connectivity index (χ2n) is 4.23. The molecular weight excluding hydrogens is 329 g/mol. The van der Waals surface area contributed by atoms with E-state index in [1.807, 2.05) is 12.1 Å². The molecule has 2 rings (SSSR count). The van der Waals surface area contributed by atoms with E-state index >= 15 is 0 Å². The lowest BCUT2D eigenvalue weighted by Crippen LogP contribution is -1.97. The Morgan fingerprint density at radius 1 is 1.37 bits per heavy atom. The third kappa shape index (κ3) is 3.55. The van der Waals surface area contributed by atoms with E-state index in [2.05, 4.69) is 20.9 Å². The molecule has 0 fully saturated rings. The number of hydrogen-bond acceptors (Lipinski definition) is 3. The Hall–Kier alpha value is -0.910. The van der Waals surface area contributed by atoms with Gasteiger partial charge in [0.25, 0.3) is 0 Å². The summed E-state index contributed by atoms with van der Waals surface area (Å²) >= 11 is 4.74. The van der Waals surface area contributed by atoms with Crippen LogP contribution >= 0.6 is 27.7 Å². The lowest BCUT2D eigenvalue weighted by Gasteiger charge is -2.13. The fourth-order valence-corrected chi connectivity index (χ4v) is 2.90. The van der Waals surface area contributed by atoms with Crippen LogP contribution in [0, 0.1) is 12.7 Å². The van der Waals surface area contributed by atoms with Gasteiger partial charge in [0, 0.05) is 15.6 Å². The van der Waals surface area contributed by atoms with Crippen molar-refractivity contribution in [3.8, 4) is 0 Å². The summed E-state index contributed by atoms with van der Waals surface area (Å²) in [5, 5.41) is 10.5. The van der Waals surface area contributed by atoms with Crippen molar-refractivity contribution < 1.29 is 9.50 Å². The number of pyridine rings is 1. The smallest absolute Gasteiger partial charge is 0.126 e. The van der Waals surface area contributed by atoms with Gasteiger partial charge < -0.3 is 5.11 Å². The monoisotopic (exact) mass is 341 g/mol. The van der Waals surface area contributed by atoms with Crippen LogP contribution in [0.4, 0.5) is 4.39 Å². The van der Waals surface area contributed by atoms with Crippen LogP contribution in [-0.2, 0) is 0 Å². The predicted octanol–water partition coefficient (Wildman–Crippen LogP) is 4.50. The van der Waals surface area contributed by atoms with Crippen molar-refractivity contribution in [1.29, 1.82) is 0 Å². The molecule has 19 heavy (non-hydrogen) atoms. The molecule has 1 aromatic carbocycles. The Morgan fingerprint density at radius 2 is 2.11 bits per heavy atom. The molecule has 1 atom stereocenters. The molecule has 0 saturated carbocycles. The highest BCUT2D eigenvalue weighted by molar-refractivity contribution is 9.10. The molecule has 100 valence electrons. The maximum Gasteiger partial charge on any atom is 0.126 e. The molecule has 0 saturated heterocycles. The number of aliphatic hydroxyl groups excluding tert-OH is 1. The average molecular weight is 342 g/mol. The highest BCUT2D eigenvalue weighted by atomic mass is 79.9. The normalized spacial score (nSPS) is 12.5. The molecule has 0 amide bonds. The van der Waals surface area contributed by atoms with E-state index in [0.29, 0.717) is 11.1 Å². The standard InChI is InChI=1S/C14H13BrFNOS/c1-8-5-13(11(9(2)18)6-12(8)16)19-14-4-3-10(15)7-17-14/h3-7,9,18H,1-2H3/t9-/m1/s1. The summed E-state index contributed by atoms with van der Waals surface area (Å²) in [5.74, 6) is -0.302. The van der Waals surface area contributed by atoms with Crippen molar-refractivity contribution in [3.05, 3.63) is 51.9 Å². The zero-order valence-corrected chi connectivity index (χ0v) is 12.9. The van der Waals surface area contributed by atoms with E-state index < -0.39 is 6.10 Å². The molecule has 0 spiro atoms. The Balaban J connectivity index is 2.38. The van der Waals surface area contributed by atoms with E-state index in [1.165, 1.54) is 17.8 Å². The Kier molecular flexibility index (Phi) is 4.60. The van der Waals surface area contributed by atoms with Crippen LogP contribution in [0.25, 0.3) is 0 Å². The lowest BCUT2D eigenvalue weighted by atomic mass is 10.1. The molecule has 1 N–H and O–H groups in total. The summed E-state index contributed by atoms with van der Waals surface area (Å²) in [5.41, 5.74) is 1.14. The van der Waals surface area contributed by atoms with Gasteiger partial charge >= 0.3 is 0 Å². The number of nitrogens with zero attached hydrogens (tertiary/aromatic N) is 1. The average Bonchev–Trinajstić information content (AvgIpc) is 2.36. The maximum absolute atomic E-state index is 13.6. The first kappa shape index (κ1) is 14.5. The fourth-order valence-electron chi connectivity index (χ4n) is 1.62. The van der Waals surface area contributed by atoms with E-state index in [-0.39, 0.29) is 5.82 Å². The number of aromatic nitrogens is 1. The second kappa shape index (κ2) is 6.03. The molecular formula is C14H13BrFNOS. The molecule has 1 aromatic heterocycles. The van der Waals surface area contributed by atoms with Crippen LogP contribution in [0.15, 0.2) is 44.9 Å². The van der Waals surface area contributed by atoms with Crippen molar-refractivity contribution in [2.75, 3.05) is 0 Å². The largest absolute Gasteiger partial charge is 0.389 e. The van der Waals surface area contributed by atoms with Crippen molar-refractivity contribution in [2.24, 2.45) is 0 Å². The van der Waals surface area contributed by atoms with Gasteiger partial charge in [-0.2, -0.15) is 0 Å². The van der Waals surface area contributed by atoms with Gasteiger partial charge in [-0.05, 0) is 65.2 Å². The van der Waals surface area contributed by atoms with Crippen LogP contribution in [0.5, 0.6) is 0 Å². The zero-order valence-electron chi connectivity index (χ0n) is 10.5. The number of aryl methyl sites for hydroxylation is 1. The van der Waals surface area contributed by atoms with Gasteiger partial charge in [-0.15, -0.1) is 0 Å². The summed E-state index contributed by atoms with van der Waals surface area (Å²) in [6.07, 6.45) is 0.994. The minimum Gasteiger partial charge on any atom is -0.389 e. The Morgan fingerprint density at radius 3 is 2.68 bits per heavy atom. The molecule has 0 aliphatic carbocycles. The van der Waals surface area contributed by atoms with Gasteiger partial charge in [0.1, 0.15) is 10.8 Å². The number of benzene rings is 1. The van der Waals surface area contributed by atoms with E-state index in [0.717, 1.165) is 14.4 Å².